The molecule has 0 aliphatic carbocycles. The van der Waals surface area contributed by atoms with Crippen LogP contribution < -0.4 is 5.73 Å². The Bertz CT molecular complexity index is 348. The van der Waals surface area contributed by atoms with Crippen molar-refractivity contribution in [1.82, 2.24) is 4.98 Å². The summed E-state index contributed by atoms with van der Waals surface area (Å²) in [6.07, 6.45) is 1.61. The average Bonchev–Trinajstić information content (AvgIpc) is 2.13. The van der Waals surface area contributed by atoms with Gasteiger partial charge in [0.05, 0.1) is 12.8 Å². The quantitative estimate of drug-likeness (QED) is 0.656. The van der Waals surface area contributed by atoms with Crippen molar-refractivity contribution < 1.29 is 9.53 Å². The van der Waals surface area contributed by atoms with E-state index in [-0.39, 0.29) is 5.69 Å². The Morgan fingerprint density at radius 1 is 1.54 bits per heavy atom. The van der Waals surface area contributed by atoms with Crippen molar-refractivity contribution in [1.29, 1.82) is 0 Å². The smallest absolute Gasteiger partial charge is 0.358 e. The Morgan fingerprint density at radius 3 is 2.69 bits per heavy atom. The van der Waals surface area contributed by atoms with Crippen molar-refractivity contribution in [3.63, 3.8) is 0 Å². The number of carbonyl (C=O) groups excluding carboxylic acids is 1. The lowest BCUT2D eigenvalue weighted by molar-refractivity contribution is 0.0595. The largest absolute Gasteiger partial charge is 0.464 e. The number of ether oxygens (including phenoxy) is 1. The second-order valence-corrected chi connectivity index (χ2v) is 2.82. The first-order valence-corrected chi connectivity index (χ1v) is 3.88. The van der Waals surface area contributed by atoms with Crippen LogP contribution in [0.4, 0.5) is 5.69 Å². The molecule has 0 saturated heterocycles. The molecule has 0 aliphatic heterocycles. The number of methoxy groups -OCH3 is 1. The van der Waals surface area contributed by atoms with Gasteiger partial charge in [-0.1, -0.05) is 0 Å². The molecule has 0 spiro atoms. The van der Waals surface area contributed by atoms with Gasteiger partial charge in [-0.25, -0.2) is 9.78 Å². The van der Waals surface area contributed by atoms with Crippen LogP contribution >= 0.6 is 0 Å². The maximum atomic E-state index is 11.1. The Kier molecular flexibility index (Phi) is 2.51. The van der Waals surface area contributed by atoms with E-state index in [0.29, 0.717) is 5.69 Å². The average molecular weight is 180 g/mol. The van der Waals surface area contributed by atoms with Gasteiger partial charge in [0.25, 0.3) is 0 Å². The molecule has 0 saturated carbocycles. The fourth-order valence-corrected chi connectivity index (χ4v) is 0.977. The predicted molar refractivity (Wildman–Crippen MR) is 49.5 cm³/mol. The minimum absolute atomic E-state index is 0.186. The van der Waals surface area contributed by atoms with Gasteiger partial charge < -0.3 is 10.5 Å². The summed E-state index contributed by atoms with van der Waals surface area (Å²) in [4.78, 5) is 15.0. The molecule has 0 bridgehead atoms. The van der Waals surface area contributed by atoms with Crippen molar-refractivity contribution in [2.24, 2.45) is 0 Å². The van der Waals surface area contributed by atoms with Gasteiger partial charge in [-0.2, -0.15) is 0 Å². The minimum atomic E-state index is -0.499. The number of nitrogens with two attached hydrogens (primary N) is 1. The number of anilines is 1. The van der Waals surface area contributed by atoms with Crippen molar-refractivity contribution >= 4 is 11.7 Å². The highest BCUT2D eigenvalue weighted by molar-refractivity contribution is 5.93. The van der Waals surface area contributed by atoms with Crippen LogP contribution in [0.1, 0.15) is 21.6 Å². The number of carbonyl (C=O) groups is 1. The van der Waals surface area contributed by atoms with Crippen LogP contribution in [0.5, 0.6) is 0 Å². The van der Waals surface area contributed by atoms with E-state index in [1.807, 2.05) is 13.8 Å². The molecule has 0 fully saturated rings. The number of hydrogen-bond donors (Lipinski definition) is 1. The maximum Gasteiger partial charge on any atom is 0.358 e. The lowest BCUT2D eigenvalue weighted by atomic mass is 10.1. The Balaban J connectivity index is 3.26. The summed E-state index contributed by atoms with van der Waals surface area (Å²) in [5, 5.41) is 0. The first kappa shape index (κ1) is 9.51. The number of esters is 1. The van der Waals surface area contributed by atoms with Crippen LogP contribution in [0.15, 0.2) is 6.20 Å². The summed E-state index contributed by atoms with van der Waals surface area (Å²) in [6, 6.07) is 0. The molecule has 1 rings (SSSR count). The number of hydrogen-bond acceptors (Lipinski definition) is 4. The van der Waals surface area contributed by atoms with Crippen LogP contribution in [0.25, 0.3) is 0 Å². The SMILES string of the molecule is COC(=O)c1ncc(C)c(C)c1N. The molecular formula is C9H12N2O2. The number of rotatable bonds is 1. The zero-order valence-corrected chi connectivity index (χ0v) is 7.92. The number of nitrogen functional groups attached to an aromatic ring is 1. The van der Waals surface area contributed by atoms with Gasteiger partial charge in [0, 0.05) is 6.20 Å². The number of pyridine rings is 1. The monoisotopic (exact) mass is 180 g/mol. The summed E-state index contributed by atoms with van der Waals surface area (Å²) >= 11 is 0. The first-order chi connectivity index (χ1) is 6.07. The van der Waals surface area contributed by atoms with Crippen molar-refractivity contribution in [3.05, 3.63) is 23.0 Å². The topological polar surface area (TPSA) is 65.2 Å². The highest BCUT2D eigenvalue weighted by Crippen LogP contribution is 2.18. The van der Waals surface area contributed by atoms with Crippen LogP contribution in [0.2, 0.25) is 0 Å². The normalized spacial score (nSPS) is 9.77. The predicted octanol–water partition coefficient (Wildman–Crippen LogP) is 1.07. The van der Waals surface area contributed by atoms with Crippen LogP contribution in [-0.4, -0.2) is 18.1 Å². The fraction of sp³-hybridized carbons (Fsp3) is 0.333. The van der Waals surface area contributed by atoms with Crippen LogP contribution in [0.3, 0.4) is 0 Å². The Hall–Kier alpha value is -1.58. The lowest BCUT2D eigenvalue weighted by Gasteiger charge is -2.07. The molecule has 70 valence electrons. The van der Waals surface area contributed by atoms with E-state index in [0.717, 1.165) is 11.1 Å². The minimum Gasteiger partial charge on any atom is -0.464 e. The second-order valence-electron chi connectivity index (χ2n) is 2.82. The molecule has 0 aromatic carbocycles. The van der Waals surface area contributed by atoms with Gasteiger partial charge >= 0.3 is 5.97 Å². The standard InChI is InChI=1S/C9H12N2O2/c1-5-4-11-8(9(12)13-3)7(10)6(5)2/h4H,10H2,1-3H3. The zero-order chi connectivity index (χ0) is 10.0. The first-order valence-electron chi connectivity index (χ1n) is 3.88. The Labute approximate surface area is 76.7 Å². The van der Waals surface area contributed by atoms with E-state index in [4.69, 9.17) is 5.73 Å². The molecule has 1 aromatic heterocycles. The Morgan fingerprint density at radius 2 is 2.15 bits per heavy atom. The van der Waals surface area contributed by atoms with E-state index in [9.17, 15) is 4.79 Å². The molecule has 0 unspecified atom stereocenters. The van der Waals surface area contributed by atoms with Crippen molar-refractivity contribution in [3.8, 4) is 0 Å². The molecule has 0 radical (unpaired) electrons. The summed E-state index contributed by atoms with van der Waals surface area (Å²) in [6.45, 7) is 3.73. The van der Waals surface area contributed by atoms with Crippen LogP contribution in [-0.2, 0) is 4.74 Å². The van der Waals surface area contributed by atoms with E-state index in [1.54, 1.807) is 6.20 Å². The van der Waals surface area contributed by atoms with Gasteiger partial charge in [0.2, 0.25) is 0 Å². The summed E-state index contributed by atoms with van der Waals surface area (Å²) in [5.41, 5.74) is 8.11. The summed E-state index contributed by atoms with van der Waals surface area (Å²) in [7, 11) is 1.30. The van der Waals surface area contributed by atoms with Gasteiger partial charge in [0.1, 0.15) is 0 Å². The molecule has 1 heterocycles. The van der Waals surface area contributed by atoms with E-state index < -0.39 is 5.97 Å². The van der Waals surface area contributed by atoms with Gasteiger partial charge in [-0.15, -0.1) is 0 Å². The summed E-state index contributed by atoms with van der Waals surface area (Å²) in [5.74, 6) is -0.499. The van der Waals surface area contributed by atoms with E-state index >= 15 is 0 Å². The van der Waals surface area contributed by atoms with Gasteiger partial charge in [-0.05, 0) is 25.0 Å². The van der Waals surface area contributed by atoms with E-state index in [1.165, 1.54) is 7.11 Å². The molecule has 0 amide bonds. The van der Waals surface area contributed by atoms with E-state index in [2.05, 4.69) is 9.72 Å². The van der Waals surface area contributed by atoms with Gasteiger partial charge in [0.15, 0.2) is 5.69 Å². The third-order valence-corrected chi connectivity index (χ3v) is 2.02. The molecule has 4 nitrogen and oxygen atoms in total. The molecular weight excluding hydrogens is 168 g/mol. The van der Waals surface area contributed by atoms with Gasteiger partial charge in [-0.3, -0.25) is 0 Å². The maximum absolute atomic E-state index is 11.1. The lowest BCUT2D eigenvalue weighted by Crippen LogP contribution is -2.10. The molecule has 13 heavy (non-hydrogen) atoms. The molecule has 0 atom stereocenters. The number of aromatic nitrogens is 1. The summed E-state index contributed by atoms with van der Waals surface area (Å²) < 4.78 is 4.53. The molecule has 4 heteroatoms. The third kappa shape index (κ3) is 1.61. The second kappa shape index (κ2) is 3.43. The highest BCUT2D eigenvalue weighted by Gasteiger charge is 2.13. The van der Waals surface area contributed by atoms with Crippen molar-refractivity contribution in [2.45, 2.75) is 13.8 Å². The molecule has 0 aliphatic rings. The van der Waals surface area contributed by atoms with Crippen molar-refractivity contribution in [2.75, 3.05) is 12.8 Å². The highest BCUT2D eigenvalue weighted by atomic mass is 16.5. The number of aryl methyl sites for hydroxylation is 1. The number of nitrogens with zero attached hydrogens (tertiary/aromatic N) is 1. The molecule has 2 N–H and O–H groups in total. The fourth-order valence-electron chi connectivity index (χ4n) is 0.977. The zero-order valence-electron chi connectivity index (χ0n) is 7.92. The molecule has 1 aromatic rings. The third-order valence-electron chi connectivity index (χ3n) is 2.02. The van der Waals surface area contributed by atoms with Crippen LogP contribution in [0, 0.1) is 13.8 Å².